The summed E-state index contributed by atoms with van der Waals surface area (Å²) in [6.07, 6.45) is 0. The molecule has 40 heavy (non-hydrogen) atoms. The molecular formula is C28H46N6O4S2+2. The van der Waals surface area contributed by atoms with E-state index in [1.165, 1.54) is 0 Å². The zero-order valence-electron chi connectivity index (χ0n) is 23.9. The number of rotatable bonds is 7. The first-order chi connectivity index (χ1) is 19.1. The number of nitrogens with one attached hydrogen (secondary N) is 4. The maximum Gasteiger partial charge on any atom is 0.327 e. The summed E-state index contributed by atoms with van der Waals surface area (Å²) in [5, 5.41) is 13.5. The van der Waals surface area contributed by atoms with Crippen molar-refractivity contribution in [1.82, 2.24) is 21.3 Å². The number of aryl methyl sites for hydroxylation is 2. The lowest BCUT2D eigenvalue weighted by molar-refractivity contribution is -0.862. The van der Waals surface area contributed by atoms with Crippen molar-refractivity contribution in [3.63, 3.8) is 0 Å². The van der Waals surface area contributed by atoms with Crippen molar-refractivity contribution in [3.05, 3.63) is 59.7 Å². The molecule has 10 nitrogen and oxygen atoms in total. The molecule has 2 heterocycles. The predicted octanol–water partition coefficient (Wildman–Crippen LogP) is 0.400. The summed E-state index contributed by atoms with van der Waals surface area (Å²) in [5.74, 6) is 0. The molecule has 12 heteroatoms. The molecule has 2 aromatic carbocycles. The van der Waals surface area contributed by atoms with Gasteiger partial charge in [-0.3, -0.25) is 0 Å². The summed E-state index contributed by atoms with van der Waals surface area (Å²) in [4.78, 5) is 0.552. The first-order valence-corrected chi connectivity index (χ1v) is 17.2. The van der Waals surface area contributed by atoms with Crippen LogP contribution < -0.4 is 21.3 Å². The fourth-order valence-corrected chi connectivity index (χ4v) is 9.43. The third kappa shape index (κ3) is 6.76. The lowest BCUT2D eigenvalue weighted by atomic mass is 10.2. The van der Waals surface area contributed by atoms with Crippen LogP contribution in [0.3, 0.4) is 0 Å². The molecule has 2 aliphatic rings. The Morgan fingerprint density at radius 2 is 0.775 bits per heavy atom. The van der Waals surface area contributed by atoms with Gasteiger partial charge in [0, 0.05) is 52.4 Å². The van der Waals surface area contributed by atoms with E-state index in [-0.39, 0.29) is 30.7 Å². The molecule has 0 saturated carbocycles. The Labute approximate surface area is 240 Å². The van der Waals surface area contributed by atoms with Crippen molar-refractivity contribution < 1.29 is 24.6 Å². The second-order valence-electron chi connectivity index (χ2n) is 11.0. The van der Waals surface area contributed by atoms with Crippen LogP contribution in [0, 0.1) is 13.8 Å². The topological polar surface area (TPSA) is 116 Å². The fourth-order valence-electron chi connectivity index (χ4n) is 5.61. The molecule has 2 fully saturated rings. The lowest BCUT2D eigenvalue weighted by Gasteiger charge is -2.41. The van der Waals surface area contributed by atoms with Crippen LogP contribution in [-0.2, 0) is 20.0 Å². The summed E-state index contributed by atoms with van der Waals surface area (Å²) in [6.45, 7) is 10.8. The van der Waals surface area contributed by atoms with Gasteiger partial charge in [0.05, 0.1) is 0 Å². The van der Waals surface area contributed by atoms with Crippen molar-refractivity contribution >= 4 is 20.0 Å². The lowest BCUT2D eigenvalue weighted by Crippen LogP contribution is -2.65. The summed E-state index contributed by atoms with van der Waals surface area (Å²) in [5.41, 5.74) is 1.98. The molecule has 0 atom stereocenters. The molecule has 2 aromatic rings. The quantitative estimate of drug-likeness (QED) is 0.341. The van der Waals surface area contributed by atoms with Crippen molar-refractivity contribution in [2.24, 2.45) is 0 Å². The van der Waals surface area contributed by atoms with Gasteiger partial charge in [-0.1, -0.05) is 35.4 Å². The van der Waals surface area contributed by atoms with E-state index in [1.54, 1.807) is 24.3 Å². The van der Waals surface area contributed by atoms with E-state index < -0.39 is 20.0 Å². The Balaban J connectivity index is 1.78. The van der Waals surface area contributed by atoms with Gasteiger partial charge in [0.15, 0.2) is 0 Å². The Hall–Kier alpha value is -1.90. The third-order valence-electron chi connectivity index (χ3n) is 8.31. The number of benzene rings is 2. The predicted molar refractivity (Wildman–Crippen MR) is 158 cm³/mol. The standard InChI is InChI=1S/C28H46N6O4S2/c1-25-3-7-27(8-4-25)39(35,36)33(19-15-29-11-12-30-16-20-33)23-24-34(21-17-31-13-14-32-18-22-34)40(37,38)28-9-5-26(2)6-10-28/h3-10,29-32H,11-24H2,1-2H3/q+2. The van der Waals surface area contributed by atoms with Gasteiger partial charge >= 0.3 is 20.0 Å². The van der Waals surface area contributed by atoms with Crippen molar-refractivity contribution in [1.29, 1.82) is 0 Å². The van der Waals surface area contributed by atoms with Gasteiger partial charge < -0.3 is 21.3 Å². The summed E-state index contributed by atoms with van der Waals surface area (Å²) in [7, 11) is -7.68. The smallest absolute Gasteiger partial charge is 0.310 e. The maximum atomic E-state index is 14.4. The van der Waals surface area contributed by atoms with E-state index in [9.17, 15) is 16.8 Å². The molecule has 0 amide bonds. The van der Waals surface area contributed by atoms with Crippen LogP contribution >= 0.6 is 0 Å². The second-order valence-corrected chi connectivity index (χ2v) is 15.4. The van der Waals surface area contributed by atoms with Gasteiger partial charge in [0.2, 0.25) is 0 Å². The molecule has 0 spiro atoms. The number of nitrogens with zero attached hydrogens (tertiary/aromatic N) is 2. The van der Waals surface area contributed by atoms with Gasteiger partial charge in [-0.15, -0.1) is 0 Å². The first-order valence-electron chi connectivity index (χ1n) is 14.3. The molecule has 4 N–H and O–H groups in total. The summed E-state index contributed by atoms with van der Waals surface area (Å²) in [6, 6.07) is 14.0. The SMILES string of the molecule is Cc1ccc(S(=O)(=O)[N+]2(CC[N+]3(S(=O)(=O)c4ccc(C)cc4)CCNCCNCC3)CCNCCNCC2)cc1. The molecule has 2 aliphatic heterocycles. The van der Waals surface area contributed by atoms with Crippen molar-refractivity contribution in [3.8, 4) is 0 Å². The highest BCUT2D eigenvalue weighted by atomic mass is 32.2. The van der Waals surface area contributed by atoms with Gasteiger partial charge in [-0.25, -0.2) is 7.78 Å². The van der Waals surface area contributed by atoms with Crippen LogP contribution in [0.25, 0.3) is 0 Å². The van der Waals surface area contributed by atoms with Gasteiger partial charge in [0.25, 0.3) is 0 Å². The van der Waals surface area contributed by atoms with E-state index in [0.29, 0.717) is 52.4 Å². The molecular weight excluding hydrogens is 548 g/mol. The molecule has 0 aromatic heterocycles. The third-order valence-corrected chi connectivity index (χ3v) is 13.2. The average Bonchev–Trinajstić information content (AvgIpc) is 3.14. The molecule has 222 valence electrons. The molecule has 0 aliphatic carbocycles. The van der Waals surface area contributed by atoms with E-state index in [1.807, 2.05) is 38.1 Å². The van der Waals surface area contributed by atoms with E-state index in [0.717, 1.165) is 37.3 Å². The van der Waals surface area contributed by atoms with E-state index in [2.05, 4.69) is 21.3 Å². The minimum absolute atomic E-state index is 0.185. The number of hydrogen-bond donors (Lipinski definition) is 4. The summed E-state index contributed by atoms with van der Waals surface area (Å²) >= 11 is 0. The first kappa shape index (κ1) is 31.0. The highest BCUT2D eigenvalue weighted by molar-refractivity contribution is 7.86. The van der Waals surface area contributed by atoms with Gasteiger partial charge in [-0.2, -0.15) is 16.8 Å². The average molecular weight is 595 g/mol. The minimum Gasteiger partial charge on any atom is -0.310 e. The van der Waals surface area contributed by atoms with Crippen molar-refractivity contribution in [2.45, 2.75) is 23.6 Å². The van der Waals surface area contributed by atoms with Crippen LogP contribution in [-0.4, -0.2) is 116 Å². The Morgan fingerprint density at radius 1 is 0.500 bits per heavy atom. The molecule has 0 radical (unpaired) electrons. The zero-order chi connectivity index (χ0) is 28.7. The molecule has 4 rings (SSSR count). The zero-order valence-corrected chi connectivity index (χ0v) is 25.5. The minimum atomic E-state index is -3.84. The number of sulfonamides is 2. The molecule has 2 saturated heterocycles. The maximum absolute atomic E-state index is 14.4. The van der Waals surface area contributed by atoms with Gasteiger partial charge in [0.1, 0.15) is 49.1 Å². The number of quaternary nitrogens is 2. The summed E-state index contributed by atoms with van der Waals surface area (Å²) < 4.78 is 57.4. The second kappa shape index (κ2) is 13.4. The highest BCUT2D eigenvalue weighted by Gasteiger charge is 2.49. The Bertz CT molecular complexity index is 1190. The highest BCUT2D eigenvalue weighted by Crippen LogP contribution is 2.29. The van der Waals surface area contributed by atoms with Crippen LogP contribution in [0.5, 0.6) is 0 Å². The Kier molecular flexibility index (Phi) is 10.4. The number of hydrogen-bond acceptors (Lipinski definition) is 8. The molecule has 0 unspecified atom stereocenters. The van der Waals surface area contributed by atoms with Crippen LogP contribution in [0.1, 0.15) is 11.1 Å². The van der Waals surface area contributed by atoms with E-state index in [4.69, 9.17) is 0 Å². The molecule has 0 bridgehead atoms. The van der Waals surface area contributed by atoms with Gasteiger partial charge in [-0.05, 0) is 38.1 Å². The van der Waals surface area contributed by atoms with Crippen LogP contribution in [0.2, 0.25) is 0 Å². The monoisotopic (exact) mass is 594 g/mol. The van der Waals surface area contributed by atoms with Crippen LogP contribution in [0.4, 0.5) is 0 Å². The van der Waals surface area contributed by atoms with E-state index >= 15 is 0 Å². The van der Waals surface area contributed by atoms with Crippen LogP contribution in [0.15, 0.2) is 58.3 Å². The largest absolute Gasteiger partial charge is 0.327 e. The van der Waals surface area contributed by atoms with Crippen molar-refractivity contribution in [2.75, 3.05) is 91.6 Å². The fraction of sp³-hybridized carbons (Fsp3) is 0.571. The Morgan fingerprint density at radius 3 is 1.05 bits per heavy atom. The normalized spacial score (nSPS) is 21.1.